The molecule has 20 heavy (non-hydrogen) atoms. The van der Waals surface area contributed by atoms with Crippen LogP contribution in [0.1, 0.15) is 43.7 Å². The Morgan fingerprint density at radius 3 is 2.70 bits per heavy atom. The zero-order valence-corrected chi connectivity index (χ0v) is 13.3. The van der Waals surface area contributed by atoms with Crippen LogP contribution >= 0.6 is 12.4 Å². The summed E-state index contributed by atoms with van der Waals surface area (Å²) in [6.45, 7) is 7.74. The van der Waals surface area contributed by atoms with Crippen LogP contribution in [0.3, 0.4) is 0 Å². The summed E-state index contributed by atoms with van der Waals surface area (Å²) in [4.78, 5) is 2.63. The van der Waals surface area contributed by atoms with E-state index in [1.54, 1.807) is 5.56 Å². The molecule has 0 N–H and O–H groups in total. The molecule has 0 amide bonds. The van der Waals surface area contributed by atoms with E-state index in [-0.39, 0.29) is 12.4 Å². The molecule has 0 aliphatic carbocycles. The number of fused-ring (bicyclic) bond motifs is 2. The largest absolute Gasteiger partial charge is 0.376 e. The number of nitrogens with zero attached hydrogens (tertiary/aromatic N) is 1. The zero-order valence-electron chi connectivity index (χ0n) is 12.4. The Bertz CT molecular complexity index is 427. The van der Waals surface area contributed by atoms with E-state index in [0.29, 0.717) is 5.41 Å². The molecular formula is C17H26ClNO. The van der Waals surface area contributed by atoms with Gasteiger partial charge in [0.25, 0.3) is 0 Å². The molecule has 2 aliphatic heterocycles. The van der Waals surface area contributed by atoms with E-state index in [0.717, 1.165) is 13.2 Å². The van der Waals surface area contributed by atoms with Crippen LogP contribution < -0.4 is 0 Å². The number of hydrogen-bond acceptors (Lipinski definition) is 2. The lowest BCUT2D eigenvalue weighted by atomic mass is 9.70. The molecule has 1 fully saturated rings. The Hall–Kier alpha value is -0.570. The molecule has 0 saturated carbocycles. The minimum absolute atomic E-state index is 0. The number of rotatable bonds is 3. The molecule has 3 heteroatoms. The van der Waals surface area contributed by atoms with Gasteiger partial charge < -0.3 is 9.64 Å². The lowest BCUT2D eigenvalue weighted by Gasteiger charge is -2.45. The molecule has 0 atom stereocenters. The average Bonchev–Trinajstić information content (AvgIpc) is 2.47. The van der Waals surface area contributed by atoms with E-state index < -0.39 is 0 Å². The molecule has 1 spiro atoms. The summed E-state index contributed by atoms with van der Waals surface area (Å²) in [5.74, 6) is 0. The number of unbranched alkanes of at least 4 members (excludes halogenated alkanes) is 1. The SMILES string of the molecule is CCCCN1CCC2(CC1)COCc1ccccc12.Cl. The van der Waals surface area contributed by atoms with Crippen LogP contribution in [0.25, 0.3) is 0 Å². The highest BCUT2D eigenvalue weighted by molar-refractivity contribution is 5.85. The van der Waals surface area contributed by atoms with Gasteiger partial charge in [0.05, 0.1) is 13.2 Å². The second kappa shape index (κ2) is 6.93. The predicted molar refractivity (Wildman–Crippen MR) is 85.6 cm³/mol. The number of ether oxygens (including phenoxy) is 1. The van der Waals surface area contributed by atoms with Crippen molar-refractivity contribution in [3.05, 3.63) is 35.4 Å². The molecule has 1 saturated heterocycles. The smallest absolute Gasteiger partial charge is 0.0720 e. The van der Waals surface area contributed by atoms with Crippen LogP contribution in [0.2, 0.25) is 0 Å². The van der Waals surface area contributed by atoms with Crippen LogP contribution in [0.5, 0.6) is 0 Å². The van der Waals surface area contributed by atoms with Crippen molar-refractivity contribution in [1.29, 1.82) is 0 Å². The van der Waals surface area contributed by atoms with Crippen molar-refractivity contribution < 1.29 is 4.74 Å². The lowest BCUT2D eigenvalue weighted by Crippen LogP contribution is -2.47. The fourth-order valence-corrected chi connectivity index (χ4v) is 3.60. The summed E-state index contributed by atoms with van der Waals surface area (Å²) < 4.78 is 5.89. The number of hydrogen-bond donors (Lipinski definition) is 0. The number of benzene rings is 1. The summed E-state index contributed by atoms with van der Waals surface area (Å²) in [6.07, 6.45) is 5.15. The molecule has 0 radical (unpaired) electrons. The monoisotopic (exact) mass is 295 g/mol. The Balaban J connectivity index is 0.00000147. The lowest BCUT2D eigenvalue weighted by molar-refractivity contribution is 0.0185. The van der Waals surface area contributed by atoms with Gasteiger partial charge in [-0.1, -0.05) is 37.6 Å². The normalized spacial score (nSPS) is 21.2. The standard InChI is InChI=1S/C17H25NO.ClH/c1-2-3-10-18-11-8-17(9-12-18)14-19-13-15-6-4-5-7-16(15)17;/h4-7H,2-3,8-14H2,1H3;1H. The minimum atomic E-state index is 0. The van der Waals surface area contributed by atoms with Gasteiger partial charge in [0.2, 0.25) is 0 Å². The third-order valence-electron chi connectivity index (χ3n) is 4.87. The maximum Gasteiger partial charge on any atom is 0.0720 e. The quantitative estimate of drug-likeness (QED) is 0.841. The first-order valence-electron chi connectivity index (χ1n) is 7.72. The molecule has 2 aliphatic rings. The highest BCUT2D eigenvalue weighted by Crippen LogP contribution is 2.40. The fraction of sp³-hybridized carbons (Fsp3) is 0.647. The molecule has 2 nitrogen and oxygen atoms in total. The number of halogens is 1. The van der Waals surface area contributed by atoms with Gasteiger partial charge in [-0.15, -0.1) is 12.4 Å². The fourth-order valence-electron chi connectivity index (χ4n) is 3.60. The van der Waals surface area contributed by atoms with Gasteiger partial charge in [-0.05, 0) is 50.0 Å². The van der Waals surface area contributed by atoms with Crippen molar-refractivity contribution in [2.24, 2.45) is 0 Å². The van der Waals surface area contributed by atoms with Gasteiger partial charge in [-0.25, -0.2) is 0 Å². The van der Waals surface area contributed by atoms with Crippen molar-refractivity contribution in [2.45, 2.75) is 44.6 Å². The Morgan fingerprint density at radius 1 is 1.20 bits per heavy atom. The summed E-state index contributed by atoms with van der Waals surface area (Å²) in [5, 5.41) is 0. The van der Waals surface area contributed by atoms with Gasteiger partial charge in [0, 0.05) is 5.41 Å². The molecular weight excluding hydrogens is 270 g/mol. The summed E-state index contributed by atoms with van der Waals surface area (Å²) in [7, 11) is 0. The van der Waals surface area contributed by atoms with Crippen LogP contribution in [0.15, 0.2) is 24.3 Å². The molecule has 3 rings (SSSR count). The first kappa shape index (κ1) is 15.8. The molecule has 1 aromatic carbocycles. The van der Waals surface area contributed by atoms with Gasteiger partial charge in [-0.3, -0.25) is 0 Å². The van der Waals surface area contributed by atoms with E-state index in [1.165, 1.54) is 50.9 Å². The van der Waals surface area contributed by atoms with Crippen LogP contribution in [0, 0.1) is 0 Å². The van der Waals surface area contributed by atoms with E-state index in [9.17, 15) is 0 Å². The van der Waals surface area contributed by atoms with Crippen LogP contribution in [0.4, 0.5) is 0 Å². The van der Waals surface area contributed by atoms with Crippen molar-refractivity contribution in [2.75, 3.05) is 26.2 Å². The number of piperidine rings is 1. The summed E-state index contributed by atoms with van der Waals surface area (Å²) in [6, 6.07) is 8.90. The third-order valence-corrected chi connectivity index (χ3v) is 4.87. The maximum absolute atomic E-state index is 5.89. The Labute approximate surface area is 128 Å². The van der Waals surface area contributed by atoms with E-state index >= 15 is 0 Å². The molecule has 1 aromatic rings. The van der Waals surface area contributed by atoms with Crippen LogP contribution in [-0.4, -0.2) is 31.1 Å². The molecule has 0 aromatic heterocycles. The first-order chi connectivity index (χ1) is 9.34. The van der Waals surface area contributed by atoms with Crippen molar-refractivity contribution >= 4 is 12.4 Å². The van der Waals surface area contributed by atoms with Crippen molar-refractivity contribution in [3.8, 4) is 0 Å². The number of likely N-dealkylation sites (tertiary alicyclic amines) is 1. The van der Waals surface area contributed by atoms with E-state index in [2.05, 4.69) is 36.1 Å². The molecule has 2 heterocycles. The van der Waals surface area contributed by atoms with Crippen molar-refractivity contribution in [3.63, 3.8) is 0 Å². The predicted octanol–water partition coefficient (Wildman–Crippen LogP) is 3.77. The van der Waals surface area contributed by atoms with Crippen LogP contribution in [-0.2, 0) is 16.8 Å². The molecule has 0 unspecified atom stereocenters. The second-order valence-corrected chi connectivity index (χ2v) is 6.13. The summed E-state index contributed by atoms with van der Waals surface area (Å²) >= 11 is 0. The highest BCUT2D eigenvalue weighted by Gasteiger charge is 2.39. The second-order valence-electron chi connectivity index (χ2n) is 6.13. The average molecular weight is 296 g/mol. The topological polar surface area (TPSA) is 12.5 Å². The molecule has 112 valence electrons. The zero-order chi connectivity index (χ0) is 13.1. The summed E-state index contributed by atoms with van der Waals surface area (Å²) in [5.41, 5.74) is 3.28. The van der Waals surface area contributed by atoms with E-state index in [1.807, 2.05) is 0 Å². The third kappa shape index (κ3) is 3.03. The van der Waals surface area contributed by atoms with E-state index in [4.69, 9.17) is 4.74 Å². The maximum atomic E-state index is 5.89. The van der Waals surface area contributed by atoms with Crippen molar-refractivity contribution in [1.82, 2.24) is 4.90 Å². The molecule has 0 bridgehead atoms. The van der Waals surface area contributed by atoms with Gasteiger partial charge >= 0.3 is 0 Å². The first-order valence-corrected chi connectivity index (χ1v) is 7.72. The minimum Gasteiger partial charge on any atom is -0.376 e. The van der Waals surface area contributed by atoms with Gasteiger partial charge in [-0.2, -0.15) is 0 Å². The highest BCUT2D eigenvalue weighted by atomic mass is 35.5. The van der Waals surface area contributed by atoms with Gasteiger partial charge in [0.1, 0.15) is 0 Å². The Morgan fingerprint density at radius 2 is 1.95 bits per heavy atom. The Kier molecular flexibility index (Phi) is 5.48. The van der Waals surface area contributed by atoms with Gasteiger partial charge in [0.15, 0.2) is 0 Å².